The second-order valence-corrected chi connectivity index (χ2v) is 3.99. The molecule has 0 aliphatic carbocycles. The number of amides is 2. The number of halogens is 3. The van der Waals surface area contributed by atoms with Crippen LogP contribution in [0.15, 0.2) is 12.1 Å². The van der Waals surface area contributed by atoms with Crippen molar-refractivity contribution in [3.63, 3.8) is 0 Å². The summed E-state index contributed by atoms with van der Waals surface area (Å²) in [5.41, 5.74) is 8.99. The number of nitrogens with two attached hydrogens (primary N) is 2. The van der Waals surface area contributed by atoms with Gasteiger partial charge < -0.3 is 22.1 Å². The first kappa shape index (κ1) is 15.7. The molecule has 0 atom stereocenters. The summed E-state index contributed by atoms with van der Waals surface area (Å²) >= 11 is 4.64. The average molecular weight is 306 g/mol. The zero-order valence-electron chi connectivity index (χ0n) is 9.75. The maximum absolute atomic E-state index is 13.3. The fourth-order valence-electron chi connectivity index (χ4n) is 1.22. The van der Waals surface area contributed by atoms with Crippen molar-refractivity contribution in [3.05, 3.63) is 29.6 Å². The van der Waals surface area contributed by atoms with E-state index in [0.717, 1.165) is 0 Å². The fraction of sp³-hybridized carbons (Fsp3) is 0.100. The van der Waals surface area contributed by atoms with Gasteiger partial charge in [0.25, 0.3) is 0 Å². The molecule has 0 aliphatic heterocycles. The van der Waals surface area contributed by atoms with Crippen molar-refractivity contribution in [1.29, 1.82) is 0 Å². The summed E-state index contributed by atoms with van der Waals surface area (Å²) < 4.78 is 39.3. The number of nitrogens with one attached hydrogen (secondary N) is 2. The largest absolute Gasteiger partial charge is 0.367 e. The maximum atomic E-state index is 13.3. The van der Waals surface area contributed by atoms with Crippen LogP contribution in [0.3, 0.4) is 0 Å². The highest BCUT2D eigenvalue weighted by Crippen LogP contribution is 2.19. The number of hydrogen-bond acceptors (Lipinski definition) is 3. The van der Waals surface area contributed by atoms with E-state index in [-0.39, 0.29) is 0 Å². The number of rotatable bonds is 4. The highest BCUT2D eigenvalue weighted by atomic mass is 32.1. The molecule has 0 fully saturated rings. The van der Waals surface area contributed by atoms with Gasteiger partial charge in [-0.1, -0.05) is 0 Å². The zero-order valence-corrected chi connectivity index (χ0v) is 10.6. The third-order valence-electron chi connectivity index (χ3n) is 2.09. The van der Waals surface area contributed by atoms with Crippen molar-refractivity contribution >= 4 is 34.8 Å². The quantitative estimate of drug-likeness (QED) is 0.452. The monoisotopic (exact) mass is 306 g/mol. The molecule has 10 heteroatoms. The van der Waals surface area contributed by atoms with E-state index in [2.05, 4.69) is 17.5 Å². The Kier molecular flexibility index (Phi) is 4.86. The molecular formula is C10H9F3N4O2S. The van der Waals surface area contributed by atoms with Crippen LogP contribution in [-0.4, -0.2) is 23.0 Å². The van der Waals surface area contributed by atoms with Crippen molar-refractivity contribution in [2.75, 3.05) is 5.32 Å². The van der Waals surface area contributed by atoms with Crippen LogP contribution < -0.4 is 22.1 Å². The van der Waals surface area contributed by atoms with E-state index in [1.54, 1.807) is 0 Å². The molecule has 0 spiro atoms. The van der Waals surface area contributed by atoms with Crippen LogP contribution in [0.5, 0.6) is 0 Å². The lowest BCUT2D eigenvalue weighted by atomic mass is 10.2. The number of hydrogen-bond donors (Lipinski definition) is 4. The Morgan fingerprint density at radius 1 is 1.10 bits per heavy atom. The number of thiocarbonyl (C=S) groups is 1. The Morgan fingerprint density at radius 3 is 1.95 bits per heavy atom. The third kappa shape index (κ3) is 3.82. The van der Waals surface area contributed by atoms with Gasteiger partial charge in [0.1, 0.15) is 11.5 Å². The molecule has 0 heterocycles. The number of anilines is 1. The van der Waals surface area contributed by atoms with Gasteiger partial charge in [0.2, 0.25) is 11.8 Å². The van der Waals surface area contributed by atoms with Crippen molar-refractivity contribution in [3.8, 4) is 0 Å². The molecule has 2 amide bonds. The molecule has 0 bridgehead atoms. The van der Waals surface area contributed by atoms with Gasteiger partial charge in [-0.3, -0.25) is 9.59 Å². The summed E-state index contributed by atoms with van der Waals surface area (Å²) in [6, 6.07) is -0.803. The first-order chi connectivity index (χ1) is 9.22. The molecule has 1 aromatic carbocycles. The van der Waals surface area contributed by atoms with Crippen molar-refractivity contribution in [1.82, 2.24) is 5.32 Å². The lowest BCUT2D eigenvalue weighted by Crippen LogP contribution is -2.53. The van der Waals surface area contributed by atoms with Gasteiger partial charge in [0.15, 0.2) is 22.8 Å². The highest BCUT2D eigenvalue weighted by molar-refractivity contribution is 7.80. The Labute approximate surface area is 116 Å². The van der Waals surface area contributed by atoms with Crippen LogP contribution >= 0.6 is 12.2 Å². The van der Waals surface area contributed by atoms with E-state index in [9.17, 15) is 22.8 Å². The number of carbonyl (C=O) groups is 2. The van der Waals surface area contributed by atoms with Crippen LogP contribution in [0.4, 0.5) is 18.9 Å². The number of benzene rings is 1. The van der Waals surface area contributed by atoms with Crippen molar-refractivity contribution < 1.29 is 22.8 Å². The summed E-state index contributed by atoms with van der Waals surface area (Å²) in [5.74, 6) is -5.86. The van der Waals surface area contributed by atoms with Crippen LogP contribution in [-0.2, 0) is 9.59 Å². The third-order valence-corrected chi connectivity index (χ3v) is 2.31. The lowest BCUT2D eigenvalue weighted by molar-refractivity contribution is -0.128. The van der Waals surface area contributed by atoms with E-state index in [1.807, 2.05) is 5.32 Å². The SMILES string of the molecule is NC(=O)C(NC(=S)Nc1c(F)cc(F)cc1F)C(N)=O. The van der Waals surface area contributed by atoms with Crippen molar-refractivity contribution in [2.24, 2.45) is 11.5 Å². The van der Waals surface area contributed by atoms with E-state index >= 15 is 0 Å². The second kappa shape index (κ2) is 6.19. The molecule has 0 unspecified atom stereocenters. The average Bonchev–Trinajstić information content (AvgIpc) is 2.29. The van der Waals surface area contributed by atoms with Crippen LogP contribution in [0, 0.1) is 17.5 Å². The van der Waals surface area contributed by atoms with E-state index in [0.29, 0.717) is 12.1 Å². The van der Waals surface area contributed by atoms with Crippen LogP contribution in [0.1, 0.15) is 0 Å². The minimum atomic E-state index is -1.65. The van der Waals surface area contributed by atoms with E-state index in [4.69, 9.17) is 11.5 Å². The van der Waals surface area contributed by atoms with Gasteiger partial charge in [-0.2, -0.15) is 0 Å². The molecule has 108 valence electrons. The number of carbonyl (C=O) groups excluding carboxylic acids is 2. The fourth-order valence-corrected chi connectivity index (χ4v) is 1.44. The zero-order chi connectivity index (χ0) is 15.4. The summed E-state index contributed by atoms with van der Waals surface area (Å²) in [4.78, 5) is 21.8. The Hall–Kier alpha value is -2.36. The molecule has 0 aromatic heterocycles. The van der Waals surface area contributed by atoms with Crippen LogP contribution in [0.25, 0.3) is 0 Å². The summed E-state index contributed by atoms with van der Waals surface area (Å²) in [5, 5.41) is 3.62. The van der Waals surface area contributed by atoms with Crippen LogP contribution in [0.2, 0.25) is 0 Å². The van der Waals surface area contributed by atoms with Gasteiger partial charge in [-0.05, 0) is 12.2 Å². The first-order valence-electron chi connectivity index (χ1n) is 5.03. The molecular weight excluding hydrogens is 297 g/mol. The maximum Gasteiger partial charge on any atom is 0.249 e. The Bertz CT molecular complexity index is 545. The molecule has 0 saturated carbocycles. The van der Waals surface area contributed by atoms with Gasteiger partial charge in [0, 0.05) is 12.1 Å². The predicted molar refractivity (Wildman–Crippen MR) is 67.8 cm³/mol. The summed E-state index contributed by atoms with van der Waals surface area (Å²) in [7, 11) is 0. The van der Waals surface area contributed by atoms with E-state index in [1.165, 1.54) is 0 Å². The smallest absolute Gasteiger partial charge is 0.249 e. The predicted octanol–water partition coefficient (Wildman–Crippen LogP) is -0.271. The molecule has 1 aromatic rings. The molecule has 1 rings (SSSR count). The minimum Gasteiger partial charge on any atom is -0.367 e. The molecule has 0 radical (unpaired) electrons. The molecule has 20 heavy (non-hydrogen) atoms. The molecule has 0 saturated heterocycles. The van der Waals surface area contributed by atoms with Crippen molar-refractivity contribution in [2.45, 2.75) is 6.04 Å². The summed E-state index contributed by atoms with van der Waals surface area (Å²) in [6.07, 6.45) is 0. The molecule has 6 N–H and O–H groups in total. The Balaban J connectivity index is 2.87. The molecule has 0 aliphatic rings. The van der Waals surface area contributed by atoms with Gasteiger partial charge in [0.05, 0.1) is 0 Å². The Morgan fingerprint density at radius 2 is 1.55 bits per heavy atom. The minimum absolute atomic E-state index is 0.424. The normalized spacial score (nSPS) is 10.2. The highest BCUT2D eigenvalue weighted by Gasteiger charge is 2.23. The van der Waals surface area contributed by atoms with Gasteiger partial charge in [-0.25, -0.2) is 13.2 Å². The van der Waals surface area contributed by atoms with E-state index < -0.39 is 46.1 Å². The number of primary amides is 2. The summed E-state index contributed by atoms with van der Waals surface area (Å²) in [6.45, 7) is 0. The second-order valence-electron chi connectivity index (χ2n) is 3.58. The van der Waals surface area contributed by atoms with Gasteiger partial charge in [-0.15, -0.1) is 0 Å². The lowest BCUT2D eigenvalue weighted by Gasteiger charge is -2.16. The molecule has 6 nitrogen and oxygen atoms in total. The first-order valence-corrected chi connectivity index (χ1v) is 5.44. The van der Waals surface area contributed by atoms with Gasteiger partial charge >= 0.3 is 0 Å². The standard InChI is InChI=1S/C10H9F3N4O2S/c11-3-1-4(12)6(5(13)2-3)16-10(20)17-7(8(14)18)9(15)19/h1-2,7H,(H2,14,18)(H2,15,19)(H2,16,17,20). The topological polar surface area (TPSA) is 110 Å².